The topological polar surface area (TPSA) is 42.4 Å². The largest absolute Gasteiger partial charge is 0.461 e. The van der Waals surface area contributed by atoms with Crippen molar-refractivity contribution in [1.82, 2.24) is 9.88 Å². The fourth-order valence-electron chi connectivity index (χ4n) is 2.90. The van der Waals surface area contributed by atoms with Crippen LogP contribution in [0.15, 0.2) is 5.38 Å². The first-order valence-corrected chi connectivity index (χ1v) is 8.43. The van der Waals surface area contributed by atoms with Gasteiger partial charge in [-0.1, -0.05) is 13.3 Å². The van der Waals surface area contributed by atoms with E-state index in [4.69, 9.17) is 4.74 Å². The number of carbonyl (C=O) groups is 1. The quantitative estimate of drug-likeness (QED) is 0.752. The van der Waals surface area contributed by atoms with Crippen molar-refractivity contribution in [3.63, 3.8) is 0 Å². The molecule has 2 atom stereocenters. The molecule has 0 amide bonds. The van der Waals surface area contributed by atoms with Crippen molar-refractivity contribution in [2.75, 3.05) is 13.2 Å². The molecule has 20 heavy (non-hydrogen) atoms. The van der Waals surface area contributed by atoms with E-state index in [1.807, 2.05) is 12.3 Å². The molecule has 0 N–H and O–H groups in total. The predicted molar refractivity (Wildman–Crippen MR) is 81.1 cm³/mol. The number of ether oxygens (including phenoxy) is 1. The van der Waals surface area contributed by atoms with Gasteiger partial charge >= 0.3 is 5.97 Å². The highest BCUT2D eigenvalue weighted by Gasteiger charge is 2.31. The lowest BCUT2D eigenvalue weighted by Crippen LogP contribution is -2.32. The number of thiazole rings is 1. The second-order valence-electron chi connectivity index (χ2n) is 5.33. The van der Waals surface area contributed by atoms with E-state index in [2.05, 4.69) is 23.7 Å². The van der Waals surface area contributed by atoms with Crippen LogP contribution in [0.2, 0.25) is 0 Å². The van der Waals surface area contributed by atoms with Crippen molar-refractivity contribution in [2.45, 2.75) is 58.5 Å². The third-order valence-electron chi connectivity index (χ3n) is 3.86. The van der Waals surface area contributed by atoms with E-state index < -0.39 is 0 Å². The molecule has 0 saturated carbocycles. The molecule has 1 aromatic rings. The number of likely N-dealkylation sites (tertiary alicyclic amines) is 1. The molecule has 1 aliphatic heterocycles. The van der Waals surface area contributed by atoms with Gasteiger partial charge in [0, 0.05) is 11.4 Å². The SMILES string of the molecule is CCC[C@H](C)N1CCC[C@@H]1c1nc(C(=O)OCC)cs1. The van der Waals surface area contributed by atoms with E-state index in [0.717, 1.165) is 18.0 Å². The predicted octanol–water partition coefficient (Wildman–Crippen LogP) is 3.65. The molecule has 4 nitrogen and oxygen atoms in total. The minimum Gasteiger partial charge on any atom is -0.461 e. The van der Waals surface area contributed by atoms with Crippen LogP contribution in [0.4, 0.5) is 0 Å². The Kier molecular flexibility index (Phi) is 5.54. The third-order valence-corrected chi connectivity index (χ3v) is 4.80. The monoisotopic (exact) mass is 296 g/mol. The Morgan fingerprint density at radius 2 is 2.40 bits per heavy atom. The van der Waals surface area contributed by atoms with Gasteiger partial charge < -0.3 is 4.74 Å². The first kappa shape index (κ1) is 15.4. The van der Waals surface area contributed by atoms with E-state index in [1.165, 1.54) is 19.3 Å². The molecule has 1 saturated heterocycles. The summed E-state index contributed by atoms with van der Waals surface area (Å²) in [6, 6.07) is 0.965. The molecule has 0 radical (unpaired) electrons. The van der Waals surface area contributed by atoms with Crippen molar-refractivity contribution >= 4 is 17.3 Å². The van der Waals surface area contributed by atoms with E-state index in [1.54, 1.807) is 11.3 Å². The average molecular weight is 296 g/mol. The van der Waals surface area contributed by atoms with Gasteiger partial charge in [0.15, 0.2) is 5.69 Å². The van der Waals surface area contributed by atoms with Crippen molar-refractivity contribution < 1.29 is 9.53 Å². The molecule has 1 fully saturated rings. The zero-order valence-corrected chi connectivity index (χ0v) is 13.4. The summed E-state index contributed by atoms with van der Waals surface area (Å²) in [6.07, 6.45) is 4.78. The lowest BCUT2D eigenvalue weighted by atomic mass is 10.1. The number of hydrogen-bond acceptors (Lipinski definition) is 5. The highest BCUT2D eigenvalue weighted by molar-refractivity contribution is 7.09. The Labute approximate surface area is 125 Å². The highest BCUT2D eigenvalue weighted by atomic mass is 32.1. The van der Waals surface area contributed by atoms with Crippen LogP contribution in [-0.2, 0) is 4.74 Å². The second kappa shape index (κ2) is 7.18. The Hall–Kier alpha value is -0.940. The van der Waals surface area contributed by atoms with Gasteiger partial charge in [0.1, 0.15) is 5.01 Å². The van der Waals surface area contributed by atoms with Crippen molar-refractivity contribution in [3.8, 4) is 0 Å². The van der Waals surface area contributed by atoms with Crippen LogP contribution in [0.3, 0.4) is 0 Å². The fraction of sp³-hybridized carbons (Fsp3) is 0.733. The summed E-state index contributed by atoms with van der Waals surface area (Å²) in [5, 5.41) is 2.89. The standard InChI is InChI=1S/C15H24N2O2S/c1-4-7-11(3)17-9-6-8-13(17)14-16-12(10-20-14)15(18)19-5-2/h10-11,13H,4-9H2,1-3H3/t11-,13+/m0/s1. The molecule has 0 aromatic carbocycles. The Balaban J connectivity index is 2.08. The number of esters is 1. The van der Waals surface area contributed by atoms with Crippen LogP contribution >= 0.6 is 11.3 Å². The molecule has 0 spiro atoms. The molecule has 0 unspecified atom stereocenters. The van der Waals surface area contributed by atoms with Crippen molar-refractivity contribution in [1.29, 1.82) is 0 Å². The number of carbonyl (C=O) groups excluding carboxylic acids is 1. The summed E-state index contributed by atoms with van der Waals surface area (Å²) in [5.74, 6) is -0.304. The van der Waals surface area contributed by atoms with Crippen LogP contribution in [0.5, 0.6) is 0 Å². The summed E-state index contributed by atoms with van der Waals surface area (Å²) >= 11 is 1.59. The maximum atomic E-state index is 11.7. The maximum Gasteiger partial charge on any atom is 0.357 e. The molecule has 2 rings (SSSR count). The molecule has 0 aliphatic carbocycles. The molecule has 0 bridgehead atoms. The minimum absolute atomic E-state index is 0.304. The third kappa shape index (κ3) is 3.38. The van der Waals surface area contributed by atoms with Crippen molar-refractivity contribution in [2.24, 2.45) is 0 Å². The fourth-order valence-corrected chi connectivity index (χ4v) is 3.85. The molecule has 1 aromatic heterocycles. The van der Waals surface area contributed by atoms with Gasteiger partial charge in [-0.3, -0.25) is 4.90 Å². The zero-order chi connectivity index (χ0) is 14.5. The summed E-state index contributed by atoms with van der Waals surface area (Å²) in [5.41, 5.74) is 0.460. The number of rotatable bonds is 6. The first-order valence-electron chi connectivity index (χ1n) is 7.55. The van der Waals surface area contributed by atoms with Gasteiger partial charge in [-0.25, -0.2) is 9.78 Å². The molecular weight excluding hydrogens is 272 g/mol. The van der Waals surface area contributed by atoms with Crippen LogP contribution in [-0.4, -0.2) is 35.0 Å². The van der Waals surface area contributed by atoms with Gasteiger partial charge in [0.2, 0.25) is 0 Å². The first-order chi connectivity index (χ1) is 9.67. The summed E-state index contributed by atoms with van der Waals surface area (Å²) in [7, 11) is 0. The molecule has 1 aliphatic rings. The van der Waals surface area contributed by atoms with Crippen LogP contribution in [0.1, 0.15) is 68.0 Å². The van der Waals surface area contributed by atoms with Crippen LogP contribution in [0.25, 0.3) is 0 Å². The summed E-state index contributed by atoms with van der Waals surface area (Å²) in [6.45, 7) is 7.87. The Bertz CT molecular complexity index is 447. The van der Waals surface area contributed by atoms with Gasteiger partial charge in [-0.2, -0.15) is 0 Å². The number of nitrogens with zero attached hydrogens (tertiary/aromatic N) is 2. The zero-order valence-electron chi connectivity index (χ0n) is 12.6. The number of aromatic nitrogens is 1. The highest BCUT2D eigenvalue weighted by Crippen LogP contribution is 2.36. The minimum atomic E-state index is -0.304. The molecular formula is C15H24N2O2S. The lowest BCUT2D eigenvalue weighted by molar-refractivity contribution is 0.0520. The summed E-state index contributed by atoms with van der Waals surface area (Å²) < 4.78 is 5.01. The van der Waals surface area contributed by atoms with Gasteiger partial charge in [0.05, 0.1) is 12.6 Å². The molecule has 112 valence electrons. The van der Waals surface area contributed by atoms with Gasteiger partial charge in [-0.15, -0.1) is 11.3 Å². The average Bonchev–Trinajstić information content (AvgIpc) is 3.08. The van der Waals surface area contributed by atoms with Gasteiger partial charge in [-0.05, 0) is 39.7 Å². The number of hydrogen-bond donors (Lipinski definition) is 0. The normalized spacial score (nSPS) is 21.1. The van der Waals surface area contributed by atoms with Crippen LogP contribution < -0.4 is 0 Å². The van der Waals surface area contributed by atoms with E-state index in [-0.39, 0.29) is 5.97 Å². The molecule has 5 heteroatoms. The van der Waals surface area contributed by atoms with E-state index >= 15 is 0 Å². The maximum absolute atomic E-state index is 11.7. The van der Waals surface area contributed by atoms with Gasteiger partial charge in [0.25, 0.3) is 0 Å². The Morgan fingerprint density at radius 1 is 1.60 bits per heavy atom. The molecule has 2 heterocycles. The second-order valence-corrected chi connectivity index (χ2v) is 6.21. The Morgan fingerprint density at radius 3 is 3.10 bits per heavy atom. The van der Waals surface area contributed by atoms with E-state index in [9.17, 15) is 4.79 Å². The van der Waals surface area contributed by atoms with Crippen LogP contribution in [0, 0.1) is 0 Å². The van der Waals surface area contributed by atoms with E-state index in [0.29, 0.717) is 24.4 Å². The lowest BCUT2D eigenvalue weighted by Gasteiger charge is -2.29. The summed E-state index contributed by atoms with van der Waals surface area (Å²) in [4.78, 5) is 18.7. The van der Waals surface area contributed by atoms with Crippen molar-refractivity contribution in [3.05, 3.63) is 16.1 Å². The smallest absolute Gasteiger partial charge is 0.357 e.